The molecular formula is C14H18N2O3S. The number of carboxylic acid groups (broad SMARTS) is 1. The number of nitrogen functional groups attached to an aromatic ring is 1. The highest BCUT2D eigenvalue weighted by molar-refractivity contribution is 7.99. The first-order valence-corrected chi connectivity index (χ1v) is 7.47. The number of carbonyl (C=O) groups is 2. The van der Waals surface area contributed by atoms with Crippen LogP contribution in [0.1, 0.15) is 19.4 Å². The molecule has 108 valence electrons. The van der Waals surface area contributed by atoms with Gasteiger partial charge in [-0.15, -0.1) is 11.8 Å². The highest BCUT2D eigenvalue weighted by atomic mass is 32.2. The number of hydrogen-bond donors (Lipinski definition) is 2. The fraction of sp³-hybridized carbons (Fsp3) is 0.429. The van der Waals surface area contributed by atoms with Crippen molar-refractivity contribution in [2.45, 2.75) is 25.3 Å². The Kier molecular flexibility index (Phi) is 3.94. The number of aliphatic carboxylic acids is 1. The van der Waals surface area contributed by atoms with Crippen LogP contribution in [0.2, 0.25) is 0 Å². The first-order valence-electron chi connectivity index (χ1n) is 6.31. The van der Waals surface area contributed by atoms with Crippen LogP contribution in [0, 0.1) is 0 Å². The molecule has 1 fully saturated rings. The number of hydrogen-bond acceptors (Lipinski definition) is 4. The number of carbonyl (C=O) groups excluding carboxylic acids is 1. The Hall–Kier alpha value is -1.69. The molecule has 1 aromatic rings. The molecule has 2 rings (SSSR count). The first-order chi connectivity index (χ1) is 9.34. The molecule has 3 N–H and O–H groups in total. The van der Waals surface area contributed by atoms with Gasteiger partial charge in [0.25, 0.3) is 0 Å². The van der Waals surface area contributed by atoms with Crippen molar-refractivity contribution in [3.05, 3.63) is 29.8 Å². The van der Waals surface area contributed by atoms with E-state index in [1.165, 1.54) is 16.7 Å². The molecule has 1 aromatic carbocycles. The molecule has 0 bridgehead atoms. The lowest BCUT2D eigenvalue weighted by Crippen LogP contribution is -2.49. The van der Waals surface area contributed by atoms with E-state index in [9.17, 15) is 14.7 Å². The van der Waals surface area contributed by atoms with Crippen LogP contribution in [-0.4, -0.2) is 39.6 Å². The van der Waals surface area contributed by atoms with E-state index in [1.807, 2.05) is 26.0 Å². The van der Waals surface area contributed by atoms with E-state index in [2.05, 4.69) is 0 Å². The molecule has 1 atom stereocenters. The van der Waals surface area contributed by atoms with Crippen molar-refractivity contribution in [1.29, 1.82) is 0 Å². The molecule has 5 nitrogen and oxygen atoms in total. The van der Waals surface area contributed by atoms with Gasteiger partial charge in [0, 0.05) is 11.4 Å². The van der Waals surface area contributed by atoms with Crippen LogP contribution in [0.3, 0.4) is 0 Å². The molecule has 0 saturated carbocycles. The van der Waals surface area contributed by atoms with E-state index >= 15 is 0 Å². The summed E-state index contributed by atoms with van der Waals surface area (Å²) < 4.78 is 0. The zero-order chi connectivity index (χ0) is 14.9. The summed E-state index contributed by atoms with van der Waals surface area (Å²) in [5.41, 5.74) is 6.35. The van der Waals surface area contributed by atoms with Crippen LogP contribution >= 0.6 is 11.8 Å². The molecule has 1 saturated heterocycles. The minimum Gasteiger partial charge on any atom is -0.480 e. The topological polar surface area (TPSA) is 83.6 Å². The largest absolute Gasteiger partial charge is 0.480 e. The summed E-state index contributed by atoms with van der Waals surface area (Å²) in [5.74, 6) is -0.247. The maximum Gasteiger partial charge on any atom is 0.327 e. The van der Waals surface area contributed by atoms with Gasteiger partial charge >= 0.3 is 5.97 Å². The van der Waals surface area contributed by atoms with Crippen LogP contribution in [0.5, 0.6) is 0 Å². The standard InChI is InChI=1S/C14H18N2O3S/c1-14(2,9-3-5-10(15)6-4-9)13(19)16-8-20-7-11(16)12(17)18/h3-6,11H,7-8,15H2,1-2H3,(H,17,18). The third-order valence-corrected chi connectivity index (χ3v) is 4.61. The first kappa shape index (κ1) is 14.7. The van der Waals surface area contributed by atoms with Gasteiger partial charge in [-0.05, 0) is 31.5 Å². The fourth-order valence-electron chi connectivity index (χ4n) is 2.23. The predicted molar refractivity (Wildman–Crippen MR) is 79.5 cm³/mol. The Morgan fingerprint density at radius 1 is 1.35 bits per heavy atom. The minimum atomic E-state index is -0.948. The van der Waals surface area contributed by atoms with Gasteiger partial charge < -0.3 is 15.7 Å². The maximum absolute atomic E-state index is 12.7. The van der Waals surface area contributed by atoms with Crippen molar-refractivity contribution in [1.82, 2.24) is 4.90 Å². The maximum atomic E-state index is 12.7. The lowest BCUT2D eigenvalue weighted by molar-refractivity contribution is -0.149. The summed E-state index contributed by atoms with van der Waals surface area (Å²) >= 11 is 1.46. The lowest BCUT2D eigenvalue weighted by Gasteiger charge is -2.31. The van der Waals surface area contributed by atoms with Crippen molar-refractivity contribution in [3.8, 4) is 0 Å². The SMILES string of the molecule is CC(C)(C(=O)N1CSCC1C(=O)O)c1ccc(N)cc1. The quantitative estimate of drug-likeness (QED) is 0.826. The second-order valence-electron chi connectivity index (χ2n) is 5.38. The monoisotopic (exact) mass is 294 g/mol. The highest BCUT2D eigenvalue weighted by Crippen LogP contribution is 2.31. The smallest absolute Gasteiger partial charge is 0.327 e. The van der Waals surface area contributed by atoms with Gasteiger partial charge in [0.1, 0.15) is 6.04 Å². The normalized spacial score (nSPS) is 19.1. The fourth-order valence-corrected chi connectivity index (χ4v) is 3.37. The van der Waals surface area contributed by atoms with Gasteiger partial charge in [0.15, 0.2) is 0 Å². The summed E-state index contributed by atoms with van der Waals surface area (Å²) in [6.07, 6.45) is 0. The number of carboxylic acids is 1. The second kappa shape index (κ2) is 5.36. The summed E-state index contributed by atoms with van der Waals surface area (Å²) in [5, 5.41) is 9.18. The zero-order valence-corrected chi connectivity index (χ0v) is 12.3. The van der Waals surface area contributed by atoms with Gasteiger partial charge in [-0.25, -0.2) is 4.79 Å². The Morgan fingerprint density at radius 2 is 1.95 bits per heavy atom. The molecule has 1 aliphatic heterocycles. The molecule has 6 heteroatoms. The number of rotatable bonds is 3. The molecule has 0 spiro atoms. The van der Waals surface area contributed by atoms with E-state index in [1.54, 1.807) is 12.1 Å². The molecule has 1 unspecified atom stereocenters. The molecule has 0 aliphatic carbocycles. The van der Waals surface area contributed by atoms with Crippen LogP contribution in [0.4, 0.5) is 5.69 Å². The molecule has 20 heavy (non-hydrogen) atoms. The van der Waals surface area contributed by atoms with Crippen LogP contribution < -0.4 is 5.73 Å². The average molecular weight is 294 g/mol. The van der Waals surface area contributed by atoms with Crippen molar-refractivity contribution >= 4 is 29.3 Å². The predicted octanol–water partition coefficient (Wildman–Crippen LogP) is 1.53. The zero-order valence-electron chi connectivity index (χ0n) is 11.5. The van der Waals surface area contributed by atoms with Gasteiger partial charge in [0.05, 0.1) is 11.3 Å². The van der Waals surface area contributed by atoms with Gasteiger partial charge in [-0.2, -0.15) is 0 Å². The molecular weight excluding hydrogens is 276 g/mol. The minimum absolute atomic E-state index is 0.167. The summed E-state index contributed by atoms with van der Waals surface area (Å²) in [6.45, 7) is 3.62. The molecule has 1 amide bonds. The molecule has 0 aromatic heterocycles. The van der Waals surface area contributed by atoms with Crippen molar-refractivity contribution in [2.75, 3.05) is 17.4 Å². The number of thioether (sulfide) groups is 1. The third-order valence-electron chi connectivity index (χ3n) is 3.60. The van der Waals surface area contributed by atoms with Crippen LogP contribution in [0.15, 0.2) is 24.3 Å². The molecule has 1 heterocycles. The molecule has 1 aliphatic rings. The van der Waals surface area contributed by atoms with Gasteiger partial charge in [-0.3, -0.25) is 4.79 Å². The van der Waals surface area contributed by atoms with Crippen molar-refractivity contribution in [2.24, 2.45) is 0 Å². The van der Waals surface area contributed by atoms with E-state index in [4.69, 9.17) is 5.73 Å². The van der Waals surface area contributed by atoms with Crippen molar-refractivity contribution < 1.29 is 14.7 Å². The Morgan fingerprint density at radius 3 is 2.50 bits per heavy atom. The van der Waals surface area contributed by atoms with Crippen LogP contribution in [-0.2, 0) is 15.0 Å². The van der Waals surface area contributed by atoms with E-state index < -0.39 is 17.4 Å². The number of amides is 1. The number of benzene rings is 1. The van der Waals surface area contributed by atoms with Gasteiger partial charge in [0.2, 0.25) is 5.91 Å². The molecule has 0 radical (unpaired) electrons. The van der Waals surface area contributed by atoms with Gasteiger partial charge in [-0.1, -0.05) is 12.1 Å². The summed E-state index contributed by atoms with van der Waals surface area (Å²) in [6, 6.07) is 6.38. The van der Waals surface area contributed by atoms with Crippen LogP contribution in [0.25, 0.3) is 0 Å². The lowest BCUT2D eigenvalue weighted by atomic mass is 9.83. The number of nitrogens with zero attached hydrogens (tertiary/aromatic N) is 1. The number of anilines is 1. The number of nitrogens with two attached hydrogens (primary N) is 1. The third kappa shape index (κ3) is 2.60. The Balaban J connectivity index is 2.26. The summed E-state index contributed by atoms with van der Waals surface area (Å²) in [7, 11) is 0. The average Bonchev–Trinajstić information content (AvgIpc) is 2.87. The van der Waals surface area contributed by atoms with E-state index in [0.717, 1.165) is 5.56 Å². The highest BCUT2D eigenvalue weighted by Gasteiger charge is 2.41. The van der Waals surface area contributed by atoms with E-state index in [0.29, 0.717) is 17.3 Å². The Labute approximate surface area is 122 Å². The summed E-state index contributed by atoms with van der Waals surface area (Å²) in [4.78, 5) is 25.3. The second-order valence-corrected chi connectivity index (χ2v) is 6.38. The van der Waals surface area contributed by atoms with E-state index in [-0.39, 0.29) is 5.91 Å². The van der Waals surface area contributed by atoms with Crippen molar-refractivity contribution in [3.63, 3.8) is 0 Å². The Bertz CT molecular complexity index is 528.